The van der Waals surface area contributed by atoms with Crippen molar-refractivity contribution in [2.24, 2.45) is 0 Å². The first-order valence-electron chi connectivity index (χ1n) is 6.94. The highest BCUT2D eigenvalue weighted by molar-refractivity contribution is 6.25. The molecule has 0 bridgehead atoms. The number of rotatable bonds is 3. The summed E-state index contributed by atoms with van der Waals surface area (Å²) in [6.07, 6.45) is -0.578. The smallest absolute Gasteiger partial charge is 0.311 e. The van der Waals surface area contributed by atoms with E-state index in [2.05, 4.69) is 0 Å². The van der Waals surface area contributed by atoms with Gasteiger partial charge >= 0.3 is 5.97 Å². The number of benzene rings is 2. The minimum atomic E-state index is -1.17. The molecule has 0 unspecified atom stereocenters. The number of fused-ring (bicyclic) bond motifs is 3. The van der Waals surface area contributed by atoms with Crippen molar-refractivity contribution < 1.29 is 19.5 Å². The number of carbonyl (C=O) groups excluding carboxylic acids is 2. The molecule has 4 heteroatoms. The predicted octanol–water partition coefficient (Wildman–Crippen LogP) is 3.17. The minimum Gasteiger partial charge on any atom is -0.481 e. The van der Waals surface area contributed by atoms with Crippen LogP contribution in [0.25, 0.3) is 11.1 Å². The molecule has 0 atom stereocenters. The Morgan fingerprint density at radius 3 is 2.32 bits per heavy atom. The molecular weight excluding hydrogens is 280 g/mol. The number of hydrogen-bond donors (Lipinski definition) is 1. The van der Waals surface area contributed by atoms with E-state index in [1.807, 2.05) is 19.1 Å². The summed E-state index contributed by atoms with van der Waals surface area (Å²) in [5.74, 6) is -1.76. The molecule has 110 valence electrons. The SMILES string of the molecule is Cc1ccc2c(c1)C(=O)c1cc(C)cc(C(=O)CC(=O)O)c1-2. The lowest BCUT2D eigenvalue weighted by Gasteiger charge is -2.09. The third-order valence-electron chi connectivity index (χ3n) is 3.83. The van der Waals surface area contributed by atoms with Crippen LogP contribution >= 0.6 is 0 Å². The number of carbonyl (C=O) groups is 3. The fourth-order valence-corrected chi connectivity index (χ4v) is 2.92. The van der Waals surface area contributed by atoms with Gasteiger partial charge in [-0.15, -0.1) is 0 Å². The second kappa shape index (κ2) is 4.91. The molecule has 0 saturated carbocycles. The van der Waals surface area contributed by atoms with Gasteiger partial charge in [0, 0.05) is 22.3 Å². The Hall–Kier alpha value is -2.75. The molecule has 0 amide bonds. The Labute approximate surface area is 127 Å². The van der Waals surface area contributed by atoms with E-state index in [1.165, 1.54) is 0 Å². The van der Waals surface area contributed by atoms with Crippen LogP contribution in [0.3, 0.4) is 0 Å². The zero-order chi connectivity index (χ0) is 16.0. The summed E-state index contributed by atoms with van der Waals surface area (Å²) in [5, 5.41) is 8.86. The number of hydrogen-bond acceptors (Lipinski definition) is 3. The van der Waals surface area contributed by atoms with E-state index in [0.717, 1.165) is 11.1 Å². The van der Waals surface area contributed by atoms with Gasteiger partial charge in [-0.1, -0.05) is 17.7 Å². The van der Waals surface area contributed by atoms with Crippen molar-refractivity contribution in [3.8, 4) is 11.1 Å². The average Bonchev–Trinajstić information content (AvgIpc) is 2.70. The molecule has 1 aliphatic carbocycles. The predicted molar refractivity (Wildman–Crippen MR) is 81.4 cm³/mol. The van der Waals surface area contributed by atoms with Gasteiger partial charge in [0.15, 0.2) is 11.6 Å². The van der Waals surface area contributed by atoms with Gasteiger partial charge in [0.2, 0.25) is 0 Å². The largest absolute Gasteiger partial charge is 0.481 e. The molecule has 0 heterocycles. The molecule has 0 spiro atoms. The molecule has 0 radical (unpaired) electrons. The van der Waals surface area contributed by atoms with Gasteiger partial charge < -0.3 is 5.11 Å². The molecule has 4 nitrogen and oxygen atoms in total. The molecule has 22 heavy (non-hydrogen) atoms. The molecule has 0 aliphatic heterocycles. The second-order valence-electron chi connectivity index (χ2n) is 5.61. The van der Waals surface area contributed by atoms with Crippen LogP contribution in [0.15, 0.2) is 30.3 Å². The standard InChI is InChI=1S/C18H14O4/c1-9-3-4-11-12(5-9)18(22)14-7-10(2)6-13(17(11)14)15(19)8-16(20)21/h3-7H,8H2,1-2H3,(H,20,21). The van der Waals surface area contributed by atoms with E-state index >= 15 is 0 Å². The van der Waals surface area contributed by atoms with Crippen molar-refractivity contribution in [1.29, 1.82) is 0 Å². The maximum absolute atomic E-state index is 12.6. The highest BCUT2D eigenvalue weighted by Gasteiger charge is 2.31. The Balaban J connectivity index is 2.27. The molecule has 0 fully saturated rings. The van der Waals surface area contributed by atoms with E-state index in [9.17, 15) is 14.4 Å². The minimum absolute atomic E-state index is 0.109. The Morgan fingerprint density at radius 2 is 1.64 bits per heavy atom. The van der Waals surface area contributed by atoms with Crippen molar-refractivity contribution >= 4 is 17.5 Å². The number of carboxylic acid groups (broad SMARTS) is 1. The zero-order valence-corrected chi connectivity index (χ0v) is 12.3. The highest BCUT2D eigenvalue weighted by Crippen LogP contribution is 2.40. The molecule has 1 N–H and O–H groups in total. The lowest BCUT2D eigenvalue weighted by molar-refractivity contribution is -0.135. The summed E-state index contributed by atoms with van der Waals surface area (Å²) in [6, 6.07) is 8.92. The van der Waals surface area contributed by atoms with Gasteiger partial charge in [-0.2, -0.15) is 0 Å². The van der Waals surface area contributed by atoms with E-state index in [0.29, 0.717) is 27.8 Å². The van der Waals surface area contributed by atoms with Crippen molar-refractivity contribution in [3.63, 3.8) is 0 Å². The molecule has 3 rings (SSSR count). The summed E-state index contributed by atoms with van der Waals surface area (Å²) >= 11 is 0. The monoisotopic (exact) mass is 294 g/mol. The average molecular weight is 294 g/mol. The molecular formula is C18H14O4. The molecule has 0 aromatic heterocycles. The Morgan fingerprint density at radius 1 is 0.955 bits per heavy atom. The number of ketones is 2. The number of aryl methyl sites for hydroxylation is 2. The van der Waals surface area contributed by atoms with E-state index in [1.54, 1.807) is 25.1 Å². The molecule has 2 aromatic carbocycles. The van der Waals surface area contributed by atoms with Crippen LogP contribution in [0, 0.1) is 13.8 Å². The zero-order valence-electron chi connectivity index (χ0n) is 12.3. The van der Waals surface area contributed by atoms with Crippen LogP contribution in [0.1, 0.15) is 43.8 Å². The first-order chi connectivity index (χ1) is 10.4. The Kier molecular flexibility index (Phi) is 3.17. The molecule has 1 aliphatic rings. The molecule has 2 aromatic rings. The topological polar surface area (TPSA) is 71.4 Å². The lowest BCUT2D eigenvalue weighted by atomic mass is 9.93. The maximum Gasteiger partial charge on any atom is 0.311 e. The van der Waals surface area contributed by atoms with Crippen LogP contribution < -0.4 is 0 Å². The third-order valence-corrected chi connectivity index (χ3v) is 3.83. The fraction of sp³-hybridized carbons (Fsp3) is 0.167. The van der Waals surface area contributed by atoms with E-state index in [4.69, 9.17) is 5.11 Å². The van der Waals surface area contributed by atoms with Crippen LogP contribution in [-0.2, 0) is 4.79 Å². The quantitative estimate of drug-likeness (QED) is 0.595. The normalized spacial score (nSPS) is 12.0. The van der Waals surface area contributed by atoms with Crippen molar-refractivity contribution in [3.05, 3.63) is 58.1 Å². The van der Waals surface area contributed by atoms with Crippen LogP contribution in [-0.4, -0.2) is 22.6 Å². The van der Waals surface area contributed by atoms with Gasteiger partial charge in [0.25, 0.3) is 0 Å². The van der Waals surface area contributed by atoms with Crippen molar-refractivity contribution in [1.82, 2.24) is 0 Å². The Bertz CT molecular complexity index is 846. The number of Topliss-reactive ketones (excluding diaryl/α,β-unsaturated/α-hetero) is 1. The van der Waals surface area contributed by atoms with Crippen molar-refractivity contribution in [2.45, 2.75) is 20.3 Å². The first-order valence-corrected chi connectivity index (χ1v) is 6.94. The van der Waals surface area contributed by atoms with Crippen LogP contribution in [0.5, 0.6) is 0 Å². The van der Waals surface area contributed by atoms with Gasteiger partial charge in [0.1, 0.15) is 6.42 Å². The summed E-state index contributed by atoms with van der Waals surface area (Å²) < 4.78 is 0. The first kappa shape index (κ1) is 14.2. The van der Waals surface area contributed by atoms with Crippen molar-refractivity contribution in [2.75, 3.05) is 0 Å². The summed E-state index contributed by atoms with van der Waals surface area (Å²) in [6.45, 7) is 3.69. The second-order valence-corrected chi connectivity index (χ2v) is 5.61. The van der Waals surface area contributed by atoms with Gasteiger partial charge in [-0.25, -0.2) is 0 Å². The van der Waals surface area contributed by atoms with Gasteiger partial charge in [0.05, 0.1) is 0 Å². The van der Waals surface area contributed by atoms with Gasteiger partial charge in [-0.3, -0.25) is 14.4 Å². The third kappa shape index (κ3) is 2.13. The molecule has 0 saturated heterocycles. The lowest BCUT2D eigenvalue weighted by Crippen LogP contribution is -2.09. The van der Waals surface area contributed by atoms with Crippen LogP contribution in [0.2, 0.25) is 0 Å². The van der Waals surface area contributed by atoms with E-state index in [-0.39, 0.29) is 5.78 Å². The fourth-order valence-electron chi connectivity index (χ4n) is 2.92. The maximum atomic E-state index is 12.6. The van der Waals surface area contributed by atoms with E-state index < -0.39 is 18.2 Å². The number of carboxylic acids is 1. The summed E-state index contributed by atoms with van der Waals surface area (Å²) in [4.78, 5) is 35.7. The van der Waals surface area contributed by atoms with Gasteiger partial charge in [-0.05, 0) is 43.2 Å². The number of aliphatic carboxylic acids is 1. The summed E-state index contributed by atoms with van der Waals surface area (Å²) in [5.41, 5.74) is 4.38. The summed E-state index contributed by atoms with van der Waals surface area (Å²) in [7, 11) is 0. The van der Waals surface area contributed by atoms with Crippen LogP contribution in [0.4, 0.5) is 0 Å². The highest BCUT2D eigenvalue weighted by atomic mass is 16.4.